The van der Waals surface area contributed by atoms with Gasteiger partial charge in [0.05, 0.1) is 5.69 Å². The van der Waals surface area contributed by atoms with Gasteiger partial charge in [0.15, 0.2) is 5.82 Å². The molecule has 1 aromatic heterocycles. The lowest BCUT2D eigenvalue weighted by Gasteiger charge is -2.12. The van der Waals surface area contributed by atoms with Gasteiger partial charge in [-0.2, -0.15) is 0 Å². The summed E-state index contributed by atoms with van der Waals surface area (Å²) in [6, 6.07) is 10.1. The third kappa shape index (κ3) is 4.35. The lowest BCUT2D eigenvalue weighted by molar-refractivity contribution is 0.248. The van der Waals surface area contributed by atoms with Crippen LogP contribution in [0.25, 0.3) is 5.69 Å². The molecule has 1 aliphatic rings. The van der Waals surface area contributed by atoms with Gasteiger partial charge in [0.1, 0.15) is 0 Å². The summed E-state index contributed by atoms with van der Waals surface area (Å²) in [6.45, 7) is 2.96. The highest BCUT2D eigenvalue weighted by Gasteiger charge is 2.28. The Morgan fingerprint density at radius 1 is 1.29 bits per heavy atom. The van der Waals surface area contributed by atoms with Crippen molar-refractivity contribution in [2.24, 2.45) is 5.92 Å². The van der Waals surface area contributed by atoms with Crippen molar-refractivity contribution in [2.75, 3.05) is 19.4 Å². The van der Waals surface area contributed by atoms with Crippen molar-refractivity contribution in [1.82, 2.24) is 20.0 Å². The quantitative estimate of drug-likeness (QED) is 0.857. The molecular formula is C18H25N5O. The fourth-order valence-electron chi connectivity index (χ4n) is 2.73. The highest BCUT2D eigenvalue weighted by Crippen LogP contribution is 2.32. The molecule has 2 N–H and O–H groups in total. The molecule has 24 heavy (non-hydrogen) atoms. The Kier molecular flexibility index (Phi) is 4.85. The molecule has 0 radical (unpaired) electrons. The van der Waals surface area contributed by atoms with Gasteiger partial charge in [-0.3, -0.25) is 5.32 Å². The van der Waals surface area contributed by atoms with Crippen LogP contribution in [0.3, 0.4) is 0 Å². The molecule has 2 amide bonds. The van der Waals surface area contributed by atoms with Gasteiger partial charge in [-0.15, -0.1) is 5.10 Å². The van der Waals surface area contributed by atoms with Gasteiger partial charge in [0.25, 0.3) is 0 Å². The topological polar surface area (TPSA) is 62.2 Å². The van der Waals surface area contributed by atoms with E-state index in [1.54, 1.807) is 10.7 Å². The van der Waals surface area contributed by atoms with Crippen molar-refractivity contribution in [3.63, 3.8) is 0 Å². The molecule has 1 aromatic carbocycles. The van der Waals surface area contributed by atoms with E-state index >= 15 is 0 Å². The van der Waals surface area contributed by atoms with Crippen LogP contribution in [0.15, 0.2) is 36.5 Å². The van der Waals surface area contributed by atoms with Crippen LogP contribution in [0.5, 0.6) is 0 Å². The van der Waals surface area contributed by atoms with Crippen LogP contribution in [-0.4, -0.2) is 40.8 Å². The molecule has 0 saturated heterocycles. The molecule has 1 saturated carbocycles. The first-order valence-electron chi connectivity index (χ1n) is 8.38. The van der Waals surface area contributed by atoms with Crippen molar-refractivity contribution < 1.29 is 4.79 Å². The Morgan fingerprint density at radius 3 is 2.62 bits per heavy atom. The van der Waals surface area contributed by atoms with Crippen LogP contribution in [0.1, 0.15) is 25.3 Å². The SMILES string of the molecule is C[C@H](NC(=O)Nc1ccn(-c2ccc(CN(C)C)cc2)n1)C1CC1. The van der Waals surface area contributed by atoms with E-state index in [1.807, 2.05) is 25.3 Å². The number of anilines is 1. The molecule has 0 aliphatic heterocycles. The van der Waals surface area contributed by atoms with Gasteiger partial charge in [0.2, 0.25) is 0 Å². The number of urea groups is 1. The number of carbonyl (C=O) groups excluding carboxylic acids is 1. The summed E-state index contributed by atoms with van der Waals surface area (Å²) in [5, 5.41) is 10.2. The second-order valence-corrected chi connectivity index (χ2v) is 6.77. The minimum atomic E-state index is -0.194. The largest absolute Gasteiger partial charge is 0.335 e. The van der Waals surface area contributed by atoms with E-state index in [9.17, 15) is 4.79 Å². The zero-order valence-corrected chi connectivity index (χ0v) is 14.5. The van der Waals surface area contributed by atoms with E-state index in [4.69, 9.17) is 0 Å². The number of aromatic nitrogens is 2. The first-order valence-corrected chi connectivity index (χ1v) is 8.38. The van der Waals surface area contributed by atoms with Crippen LogP contribution in [0.2, 0.25) is 0 Å². The van der Waals surface area contributed by atoms with Gasteiger partial charge in [-0.05, 0) is 57.5 Å². The number of hydrogen-bond donors (Lipinski definition) is 2. The van der Waals surface area contributed by atoms with Crippen molar-refractivity contribution in [1.29, 1.82) is 0 Å². The predicted molar refractivity (Wildman–Crippen MR) is 95.3 cm³/mol. The number of hydrogen-bond acceptors (Lipinski definition) is 3. The van der Waals surface area contributed by atoms with Crippen LogP contribution < -0.4 is 10.6 Å². The first kappa shape index (κ1) is 16.5. The summed E-state index contributed by atoms with van der Waals surface area (Å²) in [6.07, 6.45) is 4.26. The molecule has 6 nitrogen and oxygen atoms in total. The van der Waals surface area contributed by atoms with Crippen molar-refractivity contribution in [3.8, 4) is 5.69 Å². The Morgan fingerprint density at radius 2 is 2.00 bits per heavy atom. The van der Waals surface area contributed by atoms with E-state index in [-0.39, 0.29) is 12.1 Å². The smallest absolute Gasteiger partial charge is 0.320 e. The molecule has 1 atom stereocenters. The van der Waals surface area contributed by atoms with Crippen LogP contribution in [-0.2, 0) is 6.54 Å². The molecular weight excluding hydrogens is 302 g/mol. The van der Waals surface area contributed by atoms with Gasteiger partial charge in [0, 0.05) is 24.8 Å². The highest BCUT2D eigenvalue weighted by molar-refractivity contribution is 5.88. The van der Waals surface area contributed by atoms with E-state index < -0.39 is 0 Å². The van der Waals surface area contributed by atoms with E-state index in [0.717, 1.165) is 12.2 Å². The molecule has 2 aromatic rings. The molecule has 3 rings (SSSR count). The molecule has 6 heteroatoms. The molecule has 1 heterocycles. The van der Waals surface area contributed by atoms with Crippen molar-refractivity contribution in [3.05, 3.63) is 42.1 Å². The third-order valence-corrected chi connectivity index (χ3v) is 4.22. The second kappa shape index (κ2) is 7.05. The summed E-state index contributed by atoms with van der Waals surface area (Å²) in [7, 11) is 4.10. The summed E-state index contributed by atoms with van der Waals surface area (Å²) >= 11 is 0. The zero-order valence-electron chi connectivity index (χ0n) is 14.5. The van der Waals surface area contributed by atoms with Crippen LogP contribution in [0, 0.1) is 5.92 Å². The van der Waals surface area contributed by atoms with Gasteiger partial charge in [-0.25, -0.2) is 9.48 Å². The van der Waals surface area contributed by atoms with E-state index in [0.29, 0.717) is 11.7 Å². The summed E-state index contributed by atoms with van der Waals surface area (Å²) in [4.78, 5) is 14.1. The van der Waals surface area contributed by atoms with Gasteiger partial charge >= 0.3 is 6.03 Å². The predicted octanol–water partition coefficient (Wildman–Crippen LogP) is 2.85. The molecule has 1 aliphatic carbocycles. The Hall–Kier alpha value is -2.34. The summed E-state index contributed by atoms with van der Waals surface area (Å²) in [5.41, 5.74) is 2.22. The van der Waals surface area contributed by atoms with Crippen molar-refractivity contribution >= 4 is 11.8 Å². The molecule has 128 valence electrons. The average Bonchev–Trinajstić information content (AvgIpc) is 3.28. The number of rotatable bonds is 6. The zero-order chi connectivity index (χ0) is 17.1. The minimum absolute atomic E-state index is 0.194. The number of amides is 2. The lowest BCUT2D eigenvalue weighted by Crippen LogP contribution is -2.37. The highest BCUT2D eigenvalue weighted by atomic mass is 16.2. The van der Waals surface area contributed by atoms with E-state index in [1.165, 1.54) is 18.4 Å². The number of nitrogens with zero attached hydrogens (tertiary/aromatic N) is 3. The van der Waals surface area contributed by atoms with Gasteiger partial charge < -0.3 is 10.2 Å². The maximum atomic E-state index is 12.0. The monoisotopic (exact) mass is 327 g/mol. The standard InChI is InChI=1S/C18H25N5O/c1-13(15-6-7-15)19-18(24)20-17-10-11-23(21-17)16-8-4-14(5-9-16)12-22(2)3/h4-5,8-11,13,15H,6-7,12H2,1-3H3,(H2,19,20,21,24)/t13-/m0/s1. The van der Waals surface area contributed by atoms with Crippen molar-refractivity contribution in [2.45, 2.75) is 32.4 Å². The number of carbonyl (C=O) groups is 1. The number of benzene rings is 1. The Labute approximate surface area is 142 Å². The van der Waals surface area contributed by atoms with Crippen LogP contribution in [0.4, 0.5) is 10.6 Å². The lowest BCUT2D eigenvalue weighted by atomic mass is 10.2. The molecule has 0 spiro atoms. The minimum Gasteiger partial charge on any atom is -0.335 e. The summed E-state index contributed by atoms with van der Waals surface area (Å²) in [5.74, 6) is 1.18. The third-order valence-electron chi connectivity index (χ3n) is 4.22. The maximum Gasteiger partial charge on any atom is 0.320 e. The maximum absolute atomic E-state index is 12.0. The van der Waals surface area contributed by atoms with Gasteiger partial charge in [-0.1, -0.05) is 12.1 Å². The fraction of sp³-hybridized carbons (Fsp3) is 0.444. The second-order valence-electron chi connectivity index (χ2n) is 6.77. The normalized spacial score (nSPS) is 15.3. The molecule has 1 fully saturated rings. The molecule has 0 bridgehead atoms. The molecule has 0 unspecified atom stereocenters. The Bertz CT molecular complexity index is 688. The Balaban J connectivity index is 1.59. The van der Waals surface area contributed by atoms with E-state index in [2.05, 4.69) is 46.9 Å². The number of nitrogens with one attached hydrogen (secondary N) is 2. The first-order chi connectivity index (χ1) is 11.5. The fourth-order valence-corrected chi connectivity index (χ4v) is 2.73. The van der Waals surface area contributed by atoms with Crippen LogP contribution >= 0.6 is 0 Å². The average molecular weight is 327 g/mol. The summed E-state index contributed by atoms with van der Waals surface area (Å²) < 4.78 is 1.76.